The van der Waals surface area contributed by atoms with E-state index in [1.807, 2.05) is 0 Å². The van der Waals surface area contributed by atoms with Gasteiger partial charge in [0, 0.05) is 28.3 Å². The van der Waals surface area contributed by atoms with E-state index in [2.05, 4.69) is 15.0 Å². The molecule has 1 aromatic carbocycles. The first-order valence-electron chi connectivity index (χ1n) is 10.6. The van der Waals surface area contributed by atoms with Crippen LogP contribution in [0.2, 0.25) is 5.02 Å². The van der Waals surface area contributed by atoms with Gasteiger partial charge in [-0.1, -0.05) is 17.7 Å². The monoisotopic (exact) mass is 483 g/mol. The average Bonchev–Trinajstić information content (AvgIpc) is 3.29. The van der Waals surface area contributed by atoms with E-state index in [4.69, 9.17) is 17.3 Å². The van der Waals surface area contributed by atoms with Gasteiger partial charge in [-0.25, -0.2) is 18.7 Å². The summed E-state index contributed by atoms with van der Waals surface area (Å²) in [5, 5.41) is 0.315. The molecule has 2 aliphatic rings. The highest BCUT2D eigenvalue weighted by atomic mass is 35.5. The number of halogens is 4. The summed E-state index contributed by atoms with van der Waals surface area (Å²) in [7, 11) is 0. The Labute approximate surface area is 196 Å². The van der Waals surface area contributed by atoms with Gasteiger partial charge in [-0.3, -0.25) is 4.79 Å². The van der Waals surface area contributed by atoms with Crippen LogP contribution < -0.4 is 11.3 Å². The molecule has 3 atom stereocenters. The van der Waals surface area contributed by atoms with Crippen molar-refractivity contribution in [3.05, 3.63) is 87.1 Å². The first-order chi connectivity index (χ1) is 16.3. The summed E-state index contributed by atoms with van der Waals surface area (Å²) in [5.74, 6) is 0.150. The van der Waals surface area contributed by atoms with E-state index in [0.29, 0.717) is 22.1 Å². The number of nitrogens with zero attached hydrogens (tertiary/aromatic N) is 3. The molecule has 10 heteroatoms. The van der Waals surface area contributed by atoms with Crippen LogP contribution in [0.5, 0.6) is 0 Å². The zero-order chi connectivity index (χ0) is 23.7. The van der Waals surface area contributed by atoms with Crippen LogP contribution in [0.15, 0.2) is 53.5 Å². The minimum atomic E-state index is -2.70. The molecule has 172 valence electrons. The zero-order valence-corrected chi connectivity index (χ0v) is 18.2. The Balaban J connectivity index is 1.42. The number of rotatable bonds is 4. The Hall–Kier alpha value is -3.59. The highest BCUT2D eigenvalue weighted by Crippen LogP contribution is 2.60. The molecule has 6 rings (SSSR count). The number of H-pyrrole nitrogens is 1. The molecular formula is C24H17ClF3N5O. The predicted octanol–water partition coefficient (Wildman–Crippen LogP) is 5.32. The lowest BCUT2D eigenvalue weighted by atomic mass is 9.99. The molecule has 1 aliphatic carbocycles. The molecule has 1 aliphatic heterocycles. The van der Waals surface area contributed by atoms with Gasteiger partial charge < -0.3 is 15.3 Å². The number of nitrogen functional groups attached to an aromatic ring is 1. The molecule has 0 amide bonds. The number of hydrogen-bond acceptors (Lipinski definition) is 4. The van der Waals surface area contributed by atoms with Crippen LogP contribution >= 0.6 is 11.6 Å². The van der Waals surface area contributed by atoms with Crippen molar-refractivity contribution in [3.63, 3.8) is 0 Å². The molecular weight excluding hydrogens is 467 g/mol. The molecule has 6 nitrogen and oxygen atoms in total. The number of pyridine rings is 2. The molecule has 0 bridgehead atoms. The SMILES string of the molecule is Nc1ccc(-c2cnc(C3C4CC4c4cc(-c5cc(Cl)ccc5C(F)F)cc(=O)n43)[nH]2)c(F)n1. The number of anilines is 1. The molecule has 1 fully saturated rings. The highest BCUT2D eigenvalue weighted by molar-refractivity contribution is 6.30. The second-order valence-electron chi connectivity index (χ2n) is 8.62. The van der Waals surface area contributed by atoms with Crippen LogP contribution in [0, 0.1) is 11.9 Å². The molecule has 3 unspecified atom stereocenters. The lowest BCUT2D eigenvalue weighted by Crippen LogP contribution is -2.26. The van der Waals surface area contributed by atoms with Crippen molar-refractivity contribution >= 4 is 17.4 Å². The van der Waals surface area contributed by atoms with E-state index in [1.165, 1.54) is 42.6 Å². The van der Waals surface area contributed by atoms with Crippen molar-refractivity contribution in [3.8, 4) is 22.4 Å². The summed E-state index contributed by atoms with van der Waals surface area (Å²) in [4.78, 5) is 24.4. The Bertz CT molecular complexity index is 1510. The fraction of sp³-hybridized carbons (Fsp3) is 0.208. The second kappa shape index (κ2) is 7.46. The smallest absolute Gasteiger partial charge is 0.264 e. The third kappa shape index (κ3) is 3.22. The molecule has 0 radical (unpaired) electrons. The fourth-order valence-corrected chi connectivity index (χ4v) is 5.17. The zero-order valence-electron chi connectivity index (χ0n) is 17.5. The van der Waals surface area contributed by atoms with Gasteiger partial charge in [-0.2, -0.15) is 4.39 Å². The van der Waals surface area contributed by atoms with Gasteiger partial charge in [0.2, 0.25) is 5.95 Å². The predicted molar refractivity (Wildman–Crippen MR) is 121 cm³/mol. The first kappa shape index (κ1) is 21.0. The standard InChI is InChI=1S/C24H17ClF3N5O/c25-11-1-2-12(22(26)27)14(7-11)10-5-18-15-8-16(15)21(33(18)20(34)6-10)24-30-9-17(31-24)13-3-4-19(29)32-23(13)28/h1-7,9,15-16,21-22H,8H2,(H2,29,32)(H,30,31). The largest absolute Gasteiger partial charge is 0.384 e. The minimum absolute atomic E-state index is 0.0728. The van der Waals surface area contributed by atoms with Crippen LogP contribution in [-0.2, 0) is 0 Å². The number of aromatic nitrogens is 4. The van der Waals surface area contributed by atoms with Crippen LogP contribution in [0.25, 0.3) is 22.4 Å². The summed E-state index contributed by atoms with van der Waals surface area (Å²) in [6.07, 6.45) is -0.352. The van der Waals surface area contributed by atoms with E-state index >= 15 is 0 Å². The summed E-state index contributed by atoms with van der Waals surface area (Å²) in [6.45, 7) is 0. The van der Waals surface area contributed by atoms with Crippen molar-refractivity contribution in [2.75, 3.05) is 5.73 Å². The van der Waals surface area contributed by atoms with Crippen LogP contribution in [-0.4, -0.2) is 19.5 Å². The molecule has 4 heterocycles. The molecule has 0 spiro atoms. The first-order valence-corrected chi connectivity index (χ1v) is 11.0. The van der Waals surface area contributed by atoms with E-state index in [9.17, 15) is 18.0 Å². The fourth-order valence-electron chi connectivity index (χ4n) is 5.00. The third-order valence-electron chi connectivity index (χ3n) is 6.60. The molecule has 34 heavy (non-hydrogen) atoms. The normalized spacial score (nSPS) is 20.4. The number of fused-ring (bicyclic) bond motifs is 3. The Morgan fingerprint density at radius 2 is 1.97 bits per heavy atom. The quantitative estimate of drug-likeness (QED) is 0.384. The maximum atomic E-state index is 14.3. The second-order valence-corrected chi connectivity index (χ2v) is 9.05. The van der Waals surface area contributed by atoms with E-state index in [-0.39, 0.29) is 45.9 Å². The summed E-state index contributed by atoms with van der Waals surface area (Å²) in [6, 6.07) is 9.95. The van der Waals surface area contributed by atoms with Crippen molar-refractivity contribution in [1.29, 1.82) is 0 Å². The summed E-state index contributed by atoms with van der Waals surface area (Å²) >= 11 is 6.06. The van der Waals surface area contributed by atoms with Crippen LogP contribution in [0.3, 0.4) is 0 Å². The number of nitrogens with one attached hydrogen (secondary N) is 1. The number of aromatic amines is 1. The van der Waals surface area contributed by atoms with Gasteiger partial charge in [-0.05, 0) is 53.8 Å². The molecule has 3 aromatic heterocycles. The summed E-state index contributed by atoms with van der Waals surface area (Å²) in [5.41, 5.74) is 7.12. The topological polar surface area (TPSA) is 89.6 Å². The number of alkyl halides is 2. The van der Waals surface area contributed by atoms with Gasteiger partial charge in [0.15, 0.2) is 0 Å². The Morgan fingerprint density at radius 3 is 2.74 bits per heavy atom. The van der Waals surface area contributed by atoms with E-state index < -0.39 is 12.4 Å². The molecule has 3 N–H and O–H groups in total. The van der Waals surface area contributed by atoms with Gasteiger partial charge in [-0.15, -0.1) is 0 Å². The number of hydrogen-bond donors (Lipinski definition) is 2. The molecule has 0 saturated heterocycles. The number of benzene rings is 1. The van der Waals surface area contributed by atoms with Crippen molar-refractivity contribution in [2.24, 2.45) is 5.92 Å². The van der Waals surface area contributed by atoms with Crippen molar-refractivity contribution in [1.82, 2.24) is 19.5 Å². The maximum Gasteiger partial charge on any atom is 0.264 e. The van der Waals surface area contributed by atoms with Crippen molar-refractivity contribution < 1.29 is 13.2 Å². The van der Waals surface area contributed by atoms with Crippen LogP contribution in [0.4, 0.5) is 19.0 Å². The highest BCUT2D eigenvalue weighted by Gasteiger charge is 2.54. The Kier molecular flexibility index (Phi) is 4.60. The van der Waals surface area contributed by atoms with E-state index in [1.54, 1.807) is 10.6 Å². The molecule has 4 aromatic rings. The maximum absolute atomic E-state index is 14.3. The van der Waals surface area contributed by atoms with Gasteiger partial charge >= 0.3 is 0 Å². The number of nitrogens with two attached hydrogens (primary N) is 1. The summed E-state index contributed by atoms with van der Waals surface area (Å²) < 4.78 is 43.1. The van der Waals surface area contributed by atoms with E-state index in [0.717, 1.165) is 12.1 Å². The Morgan fingerprint density at radius 1 is 1.15 bits per heavy atom. The lowest BCUT2D eigenvalue weighted by Gasteiger charge is -2.18. The number of imidazole rings is 1. The third-order valence-corrected chi connectivity index (χ3v) is 6.83. The van der Waals surface area contributed by atoms with Gasteiger partial charge in [0.25, 0.3) is 12.0 Å². The minimum Gasteiger partial charge on any atom is -0.384 e. The van der Waals surface area contributed by atoms with Crippen molar-refractivity contribution in [2.45, 2.75) is 24.8 Å². The van der Waals surface area contributed by atoms with Gasteiger partial charge in [0.05, 0.1) is 23.5 Å². The van der Waals surface area contributed by atoms with Gasteiger partial charge in [0.1, 0.15) is 11.6 Å². The average molecular weight is 484 g/mol. The molecule has 1 saturated carbocycles. The van der Waals surface area contributed by atoms with Crippen LogP contribution in [0.1, 0.15) is 41.9 Å². The lowest BCUT2D eigenvalue weighted by molar-refractivity contribution is 0.152.